The van der Waals surface area contributed by atoms with Crippen LogP contribution in [0.4, 0.5) is 20.2 Å². The van der Waals surface area contributed by atoms with Crippen molar-refractivity contribution in [1.29, 1.82) is 0 Å². The highest BCUT2D eigenvalue weighted by Crippen LogP contribution is 2.40. The highest BCUT2D eigenvalue weighted by molar-refractivity contribution is 6.02. The van der Waals surface area contributed by atoms with Crippen molar-refractivity contribution in [3.8, 4) is 22.4 Å². The molecule has 7 heteroatoms. The Labute approximate surface area is 184 Å². The number of aromatic nitrogens is 2. The second-order valence-electron chi connectivity index (χ2n) is 8.18. The van der Waals surface area contributed by atoms with Gasteiger partial charge in [-0.2, -0.15) is 0 Å². The average Bonchev–Trinajstić information content (AvgIpc) is 2.78. The quantitative estimate of drug-likeness (QED) is 0.489. The first-order chi connectivity index (χ1) is 15.5. The summed E-state index contributed by atoms with van der Waals surface area (Å²) in [5.74, 6) is -1.25. The fourth-order valence-electron chi connectivity index (χ4n) is 4.37. The highest BCUT2D eigenvalue weighted by atomic mass is 19.1. The van der Waals surface area contributed by atoms with Gasteiger partial charge in [-0.3, -0.25) is 9.97 Å². The number of nitrogens with two attached hydrogens (primary N) is 2. The van der Waals surface area contributed by atoms with Gasteiger partial charge >= 0.3 is 0 Å². The summed E-state index contributed by atoms with van der Waals surface area (Å²) in [6, 6.07) is 13.2. The summed E-state index contributed by atoms with van der Waals surface area (Å²) < 4.78 is 28.1. The maximum atomic E-state index is 14.1. The van der Waals surface area contributed by atoms with E-state index in [0.717, 1.165) is 54.2 Å². The highest BCUT2D eigenvalue weighted by Gasteiger charge is 2.23. The summed E-state index contributed by atoms with van der Waals surface area (Å²) in [7, 11) is 0. The van der Waals surface area contributed by atoms with E-state index >= 15 is 0 Å². The Morgan fingerprint density at radius 1 is 0.906 bits per heavy atom. The molecule has 5 rings (SSSR count). The van der Waals surface area contributed by atoms with Gasteiger partial charge in [0.2, 0.25) is 0 Å². The standard InChI is InChI=1S/C25H23F2N5/c26-17-10-16(11-18(27)13-17)21-14-31-23-4-3-15(24-22(29)2-1-7-30-24)12-20(23)25(21)32-8-5-19(28)6-9-32/h1-4,7,10-14,19H,5-6,8-9,28-29H2. The zero-order valence-corrected chi connectivity index (χ0v) is 17.4. The number of anilines is 2. The number of pyridine rings is 2. The maximum absolute atomic E-state index is 14.1. The van der Waals surface area contributed by atoms with Gasteiger partial charge in [0.25, 0.3) is 0 Å². The molecular weight excluding hydrogens is 408 g/mol. The predicted octanol–water partition coefficient (Wildman–Crippen LogP) is 4.75. The number of hydrogen-bond donors (Lipinski definition) is 2. The molecule has 1 aliphatic rings. The molecule has 32 heavy (non-hydrogen) atoms. The number of halogens is 2. The molecule has 162 valence electrons. The molecule has 0 radical (unpaired) electrons. The maximum Gasteiger partial charge on any atom is 0.126 e. The summed E-state index contributed by atoms with van der Waals surface area (Å²) in [4.78, 5) is 11.3. The third kappa shape index (κ3) is 3.76. The lowest BCUT2D eigenvalue weighted by Gasteiger charge is -2.34. The van der Waals surface area contributed by atoms with Crippen molar-refractivity contribution in [3.63, 3.8) is 0 Å². The Balaban J connectivity index is 1.76. The molecule has 3 heterocycles. The largest absolute Gasteiger partial charge is 0.397 e. The molecule has 2 aromatic carbocycles. The molecule has 0 saturated carbocycles. The molecule has 0 spiro atoms. The summed E-state index contributed by atoms with van der Waals surface area (Å²) in [6.07, 6.45) is 5.07. The van der Waals surface area contributed by atoms with E-state index in [-0.39, 0.29) is 6.04 Å². The molecule has 0 bridgehead atoms. The van der Waals surface area contributed by atoms with Crippen LogP contribution in [0.5, 0.6) is 0 Å². The van der Waals surface area contributed by atoms with Gasteiger partial charge in [0.1, 0.15) is 11.6 Å². The first kappa shape index (κ1) is 20.3. The van der Waals surface area contributed by atoms with Crippen LogP contribution in [0.15, 0.2) is 60.9 Å². The summed E-state index contributed by atoms with van der Waals surface area (Å²) in [5, 5.41) is 0.880. The van der Waals surface area contributed by atoms with E-state index in [9.17, 15) is 8.78 Å². The number of rotatable bonds is 3. The van der Waals surface area contributed by atoms with Crippen molar-refractivity contribution in [2.45, 2.75) is 18.9 Å². The van der Waals surface area contributed by atoms with Crippen LogP contribution in [0.1, 0.15) is 12.8 Å². The van der Waals surface area contributed by atoms with Crippen molar-refractivity contribution in [3.05, 3.63) is 72.6 Å². The van der Waals surface area contributed by atoms with Crippen LogP contribution in [0.3, 0.4) is 0 Å². The van der Waals surface area contributed by atoms with Gasteiger partial charge < -0.3 is 16.4 Å². The third-order valence-electron chi connectivity index (χ3n) is 5.98. The minimum Gasteiger partial charge on any atom is -0.397 e. The molecule has 0 amide bonds. The molecule has 0 atom stereocenters. The van der Waals surface area contributed by atoms with Crippen LogP contribution in [-0.2, 0) is 0 Å². The van der Waals surface area contributed by atoms with Crippen LogP contribution >= 0.6 is 0 Å². The van der Waals surface area contributed by atoms with Crippen molar-refractivity contribution in [2.75, 3.05) is 23.7 Å². The second kappa shape index (κ2) is 8.16. The Kier molecular flexibility index (Phi) is 5.19. The van der Waals surface area contributed by atoms with Crippen molar-refractivity contribution in [1.82, 2.24) is 9.97 Å². The van der Waals surface area contributed by atoms with E-state index in [0.29, 0.717) is 22.5 Å². The zero-order chi connectivity index (χ0) is 22.2. The van der Waals surface area contributed by atoms with Gasteiger partial charge in [-0.1, -0.05) is 6.07 Å². The number of benzene rings is 2. The molecule has 4 aromatic rings. The molecular formula is C25H23F2N5. The lowest BCUT2D eigenvalue weighted by Crippen LogP contribution is -2.40. The first-order valence-corrected chi connectivity index (χ1v) is 10.6. The Bertz CT molecular complexity index is 1280. The van der Waals surface area contributed by atoms with E-state index < -0.39 is 11.6 Å². The summed E-state index contributed by atoms with van der Waals surface area (Å²) in [6.45, 7) is 1.50. The fraction of sp³-hybridized carbons (Fsp3) is 0.200. The van der Waals surface area contributed by atoms with E-state index in [2.05, 4.69) is 14.9 Å². The monoisotopic (exact) mass is 431 g/mol. The molecule has 0 aliphatic carbocycles. The Hall–Kier alpha value is -3.58. The van der Waals surface area contributed by atoms with Crippen molar-refractivity contribution < 1.29 is 8.78 Å². The van der Waals surface area contributed by atoms with Gasteiger partial charge in [-0.25, -0.2) is 8.78 Å². The van der Waals surface area contributed by atoms with Gasteiger partial charge in [0, 0.05) is 54.1 Å². The van der Waals surface area contributed by atoms with Crippen molar-refractivity contribution >= 4 is 22.3 Å². The number of hydrogen-bond acceptors (Lipinski definition) is 5. The van der Waals surface area contributed by atoms with E-state index in [4.69, 9.17) is 11.5 Å². The molecule has 5 nitrogen and oxygen atoms in total. The molecule has 2 aromatic heterocycles. The second-order valence-corrected chi connectivity index (χ2v) is 8.18. The Morgan fingerprint density at radius 2 is 1.66 bits per heavy atom. The van der Waals surface area contributed by atoms with E-state index in [1.54, 1.807) is 18.5 Å². The van der Waals surface area contributed by atoms with Crippen LogP contribution < -0.4 is 16.4 Å². The zero-order valence-electron chi connectivity index (χ0n) is 17.4. The minimum atomic E-state index is -0.623. The lowest BCUT2D eigenvalue weighted by molar-refractivity contribution is 0.502. The molecule has 1 aliphatic heterocycles. The predicted molar refractivity (Wildman–Crippen MR) is 124 cm³/mol. The SMILES string of the molecule is Nc1cccnc1-c1ccc2ncc(-c3cc(F)cc(F)c3)c(N3CCC(N)CC3)c2c1. The van der Waals surface area contributed by atoms with Gasteiger partial charge in [0.15, 0.2) is 0 Å². The van der Waals surface area contributed by atoms with E-state index in [1.807, 2.05) is 24.3 Å². The van der Waals surface area contributed by atoms with Crippen LogP contribution in [0.25, 0.3) is 33.3 Å². The van der Waals surface area contributed by atoms with Gasteiger partial charge in [0.05, 0.1) is 22.6 Å². The van der Waals surface area contributed by atoms with Crippen LogP contribution in [0, 0.1) is 11.6 Å². The number of nitrogen functional groups attached to an aromatic ring is 1. The third-order valence-corrected chi connectivity index (χ3v) is 5.98. The smallest absolute Gasteiger partial charge is 0.126 e. The van der Waals surface area contributed by atoms with Crippen molar-refractivity contribution in [2.24, 2.45) is 5.73 Å². The normalized spacial score (nSPS) is 14.8. The summed E-state index contributed by atoms with van der Waals surface area (Å²) in [5.41, 5.74) is 17.2. The Morgan fingerprint density at radius 3 is 2.38 bits per heavy atom. The van der Waals surface area contributed by atoms with Gasteiger partial charge in [-0.05, 0) is 54.8 Å². The summed E-state index contributed by atoms with van der Waals surface area (Å²) >= 11 is 0. The average molecular weight is 431 g/mol. The minimum absolute atomic E-state index is 0.151. The molecule has 1 fully saturated rings. The number of fused-ring (bicyclic) bond motifs is 1. The molecule has 1 saturated heterocycles. The molecule has 4 N–H and O–H groups in total. The first-order valence-electron chi connectivity index (χ1n) is 10.6. The number of nitrogens with zero attached hydrogens (tertiary/aromatic N) is 3. The lowest BCUT2D eigenvalue weighted by atomic mass is 9.96. The van der Waals surface area contributed by atoms with E-state index in [1.165, 1.54) is 12.1 Å². The number of piperidine rings is 1. The van der Waals surface area contributed by atoms with Crippen LogP contribution in [-0.4, -0.2) is 29.1 Å². The molecule has 0 unspecified atom stereocenters. The van der Waals surface area contributed by atoms with Crippen LogP contribution in [0.2, 0.25) is 0 Å². The van der Waals surface area contributed by atoms with Gasteiger partial charge in [-0.15, -0.1) is 0 Å². The topological polar surface area (TPSA) is 81.1 Å². The fourth-order valence-corrected chi connectivity index (χ4v) is 4.37.